The van der Waals surface area contributed by atoms with Crippen LogP contribution in [0.2, 0.25) is 0 Å². The van der Waals surface area contributed by atoms with Crippen LogP contribution in [0.5, 0.6) is 0 Å². The van der Waals surface area contributed by atoms with Crippen LogP contribution in [-0.2, 0) is 0 Å². The molecule has 3 N–H and O–H groups in total. The number of nitrogens with zero attached hydrogens (tertiary/aromatic N) is 3. The van der Waals surface area contributed by atoms with Crippen molar-refractivity contribution in [2.75, 3.05) is 11.9 Å². The molecule has 0 spiro atoms. The van der Waals surface area contributed by atoms with Gasteiger partial charge in [0, 0.05) is 11.6 Å². The lowest BCUT2D eigenvalue weighted by atomic mass is 10.0. The minimum absolute atomic E-state index is 0.0148. The molecule has 7 nitrogen and oxygen atoms in total. The van der Waals surface area contributed by atoms with Gasteiger partial charge in [0.2, 0.25) is 0 Å². The number of rotatable bonds is 7. The summed E-state index contributed by atoms with van der Waals surface area (Å²) in [6, 6.07) is 5.89. The molecule has 0 unspecified atom stereocenters. The normalized spacial score (nSPS) is 12.9. The zero-order valence-electron chi connectivity index (χ0n) is 17.3. The van der Waals surface area contributed by atoms with E-state index in [1.165, 1.54) is 36.7 Å². The first-order valence-corrected chi connectivity index (χ1v) is 9.61. The molecule has 3 aromatic rings. The number of fused-ring (bicyclic) bond motifs is 1. The lowest BCUT2D eigenvalue weighted by molar-refractivity contribution is -0.00177. The molecule has 160 valence electrons. The van der Waals surface area contributed by atoms with E-state index in [1.807, 2.05) is 13.8 Å². The fraction of sp³-hybridized carbons (Fsp3) is 0.381. The molecule has 0 radical (unpaired) electrons. The number of carbonyl (C=O) groups excluding carboxylic acids is 1. The summed E-state index contributed by atoms with van der Waals surface area (Å²) in [6.07, 6.45) is 1.43. The summed E-state index contributed by atoms with van der Waals surface area (Å²) in [4.78, 5) is 17.3. The van der Waals surface area contributed by atoms with Crippen molar-refractivity contribution in [1.82, 2.24) is 19.9 Å². The molecule has 9 heteroatoms. The Balaban J connectivity index is 1.98. The van der Waals surface area contributed by atoms with Crippen molar-refractivity contribution in [2.45, 2.75) is 45.5 Å². The van der Waals surface area contributed by atoms with Gasteiger partial charge in [-0.3, -0.25) is 4.79 Å². The van der Waals surface area contributed by atoms with Crippen LogP contribution in [0, 0.1) is 5.82 Å². The number of carbonyl (C=O) groups is 1. The fourth-order valence-corrected chi connectivity index (χ4v) is 2.82. The maximum atomic E-state index is 14.0. The van der Waals surface area contributed by atoms with Gasteiger partial charge in [0.25, 0.3) is 5.91 Å². The molecule has 1 aromatic carbocycles. The summed E-state index contributed by atoms with van der Waals surface area (Å²) in [6.45, 7) is 6.15. The van der Waals surface area contributed by atoms with Gasteiger partial charge >= 0.3 is 0 Å². The second-order valence-electron chi connectivity index (χ2n) is 7.96. The van der Waals surface area contributed by atoms with E-state index in [1.54, 1.807) is 18.3 Å². The number of nitrogens with one attached hydrogen (secondary N) is 2. The molecular formula is C21H25F2N5O2. The average molecular weight is 417 g/mol. The largest absolute Gasteiger partial charge is 0.387 e. The lowest BCUT2D eigenvalue weighted by Gasteiger charge is -2.22. The van der Waals surface area contributed by atoms with Gasteiger partial charge in [-0.2, -0.15) is 5.10 Å². The third kappa shape index (κ3) is 4.73. The number of amides is 1. The van der Waals surface area contributed by atoms with Gasteiger partial charge in [0.15, 0.2) is 5.65 Å². The SMILES string of the molecule is CC(C)Nc1c(C(=O)NC[C@@H](F)C(C)(C)O)cnn2cc(-c3ccc(F)cc3)nc12. The lowest BCUT2D eigenvalue weighted by Crippen LogP contribution is -2.42. The molecule has 3 rings (SSSR count). The summed E-state index contributed by atoms with van der Waals surface area (Å²) < 4.78 is 28.8. The summed E-state index contributed by atoms with van der Waals surface area (Å²) in [7, 11) is 0. The number of alkyl halides is 1. The number of aliphatic hydroxyl groups is 1. The van der Waals surface area contributed by atoms with E-state index >= 15 is 0 Å². The molecule has 0 bridgehead atoms. The fourth-order valence-electron chi connectivity index (χ4n) is 2.82. The number of hydrogen-bond acceptors (Lipinski definition) is 5. The summed E-state index contributed by atoms with van der Waals surface area (Å²) in [5.41, 5.74) is 0.767. The Morgan fingerprint density at radius 1 is 1.27 bits per heavy atom. The smallest absolute Gasteiger partial charge is 0.255 e. The first kappa shape index (κ1) is 21.6. The van der Waals surface area contributed by atoms with E-state index in [9.17, 15) is 18.7 Å². The minimum atomic E-state index is -1.63. The maximum absolute atomic E-state index is 14.0. The molecule has 0 saturated carbocycles. The maximum Gasteiger partial charge on any atom is 0.255 e. The highest BCUT2D eigenvalue weighted by Crippen LogP contribution is 2.26. The summed E-state index contributed by atoms with van der Waals surface area (Å²) in [5.74, 6) is -0.884. The predicted octanol–water partition coefficient (Wildman–Crippen LogP) is 3.19. The minimum Gasteiger partial charge on any atom is -0.387 e. The van der Waals surface area contributed by atoms with Crippen LogP contribution in [0.25, 0.3) is 16.9 Å². The second kappa shape index (κ2) is 8.35. The summed E-state index contributed by atoms with van der Waals surface area (Å²) in [5, 5.41) is 19.7. The van der Waals surface area contributed by atoms with E-state index < -0.39 is 17.7 Å². The zero-order chi connectivity index (χ0) is 22.1. The van der Waals surface area contributed by atoms with Gasteiger partial charge in [0.1, 0.15) is 12.0 Å². The highest BCUT2D eigenvalue weighted by molar-refractivity contribution is 6.02. The van der Waals surface area contributed by atoms with Crippen LogP contribution in [-0.4, -0.2) is 50.0 Å². The number of imidazole rings is 1. The van der Waals surface area contributed by atoms with Gasteiger partial charge < -0.3 is 15.7 Å². The van der Waals surface area contributed by atoms with E-state index in [2.05, 4.69) is 20.7 Å². The van der Waals surface area contributed by atoms with Gasteiger partial charge in [0.05, 0.1) is 41.5 Å². The van der Waals surface area contributed by atoms with Crippen LogP contribution in [0.1, 0.15) is 38.1 Å². The second-order valence-corrected chi connectivity index (χ2v) is 7.96. The van der Waals surface area contributed by atoms with Crippen molar-refractivity contribution in [3.63, 3.8) is 0 Å². The van der Waals surface area contributed by atoms with Crippen molar-refractivity contribution in [3.8, 4) is 11.3 Å². The first-order chi connectivity index (χ1) is 14.1. The summed E-state index contributed by atoms with van der Waals surface area (Å²) >= 11 is 0. The molecule has 0 fully saturated rings. The van der Waals surface area contributed by atoms with E-state index in [4.69, 9.17) is 0 Å². The van der Waals surface area contributed by atoms with Crippen molar-refractivity contribution >= 4 is 17.2 Å². The predicted molar refractivity (Wildman–Crippen MR) is 111 cm³/mol. The molecule has 0 aliphatic heterocycles. The Morgan fingerprint density at radius 2 is 1.93 bits per heavy atom. The molecule has 30 heavy (non-hydrogen) atoms. The molecule has 2 aromatic heterocycles. The van der Waals surface area contributed by atoms with Crippen molar-refractivity contribution in [2.24, 2.45) is 0 Å². The molecule has 0 saturated heterocycles. The van der Waals surface area contributed by atoms with Gasteiger partial charge in [-0.25, -0.2) is 18.3 Å². The van der Waals surface area contributed by atoms with E-state index in [-0.39, 0.29) is 24.0 Å². The Morgan fingerprint density at radius 3 is 2.53 bits per heavy atom. The van der Waals surface area contributed by atoms with Gasteiger partial charge in [-0.15, -0.1) is 0 Å². The number of halogens is 2. The monoisotopic (exact) mass is 417 g/mol. The van der Waals surface area contributed by atoms with Crippen molar-refractivity contribution in [1.29, 1.82) is 0 Å². The molecule has 2 heterocycles. The van der Waals surface area contributed by atoms with Crippen LogP contribution >= 0.6 is 0 Å². The Kier molecular flexibility index (Phi) is 6.02. The molecule has 0 aliphatic rings. The Bertz CT molecular complexity index is 1040. The number of benzene rings is 1. The molecule has 1 atom stereocenters. The zero-order valence-corrected chi connectivity index (χ0v) is 17.3. The van der Waals surface area contributed by atoms with Crippen LogP contribution in [0.3, 0.4) is 0 Å². The van der Waals surface area contributed by atoms with Crippen LogP contribution in [0.15, 0.2) is 36.7 Å². The highest BCUT2D eigenvalue weighted by Gasteiger charge is 2.27. The number of hydrogen-bond donors (Lipinski definition) is 3. The molecule has 1 amide bonds. The van der Waals surface area contributed by atoms with Crippen LogP contribution < -0.4 is 10.6 Å². The van der Waals surface area contributed by atoms with Crippen molar-refractivity contribution in [3.05, 3.63) is 48.0 Å². The standard InChI is InChI=1S/C21H25F2N5O2/c1-12(2)26-18-15(20(29)24-10-17(23)21(3,4)30)9-25-28-11-16(27-19(18)28)13-5-7-14(22)8-6-13/h5-9,11-12,17,26,30H,10H2,1-4H3,(H,24,29)/t17-/m1/s1. The Hall–Kier alpha value is -3.07. The first-order valence-electron chi connectivity index (χ1n) is 9.61. The van der Waals surface area contributed by atoms with Gasteiger partial charge in [-0.1, -0.05) is 0 Å². The van der Waals surface area contributed by atoms with E-state index in [0.717, 1.165) is 0 Å². The molecular weight excluding hydrogens is 392 g/mol. The van der Waals surface area contributed by atoms with Gasteiger partial charge in [-0.05, 0) is 52.0 Å². The Labute approximate surface area is 173 Å². The topological polar surface area (TPSA) is 91.5 Å². The number of aromatic nitrogens is 3. The van der Waals surface area contributed by atoms with Crippen LogP contribution in [0.4, 0.5) is 14.5 Å². The molecule has 0 aliphatic carbocycles. The van der Waals surface area contributed by atoms with Crippen molar-refractivity contribution < 1.29 is 18.7 Å². The number of anilines is 1. The third-order valence-electron chi connectivity index (χ3n) is 4.52. The highest BCUT2D eigenvalue weighted by atomic mass is 19.1. The average Bonchev–Trinajstić information content (AvgIpc) is 3.10. The third-order valence-corrected chi connectivity index (χ3v) is 4.52. The quantitative estimate of drug-likeness (QED) is 0.549. The van der Waals surface area contributed by atoms with E-state index in [0.29, 0.717) is 22.6 Å².